The highest BCUT2D eigenvalue weighted by Crippen LogP contribution is 2.42. The van der Waals surface area contributed by atoms with Gasteiger partial charge in [-0.1, -0.05) is 25.7 Å². The van der Waals surface area contributed by atoms with Crippen LogP contribution in [0.5, 0.6) is 5.75 Å². The topological polar surface area (TPSA) is 74.3 Å². The number of hydrogen-bond acceptors (Lipinski definition) is 5. The Balaban J connectivity index is 2.40. The van der Waals surface area contributed by atoms with E-state index < -0.39 is 0 Å². The first-order chi connectivity index (χ1) is 9.68. The minimum atomic E-state index is -0.299. The van der Waals surface area contributed by atoms with Crippen molar-refractivity contribution in [2.75, 3.05) is 14.2 Å². The number of rotatable bonds is 5. The molecule has 0 spiro atoms. The summed E-state index contributed by atoms with van der Waals surface area (Å²) >= 11 is 0. The number of nitrogens with two attached hydrogens (primary N) is 1. The van der Waals surface area contributed by atoms with Gasteiger partial charge in [0.25, 0.3) is 0 Å². The maximum atomic E-state index is 5.95. The molecule has 20 heavy (non-hydrogen) atoms. The van der Waals surface area contributed by atoms with Crippen LogP contribution in [0.4, 0.5) is 0 Å². The minimum absolute atomic E-state index is 0.131. The molecule has 1 heterocycles. The quantitative estimate of drug-likeness (QED) is 0.488. The average molecular weight is 282 g/mol. The summed E-state index contributed by atoms with van der Waals surface area (Å²) in [5, 5.41) is 4.28. The second-order valence-electron chi connectivity index (χ2n) is 5.50. The van der Waals surface area contributed by atoms with Gasteiger partial charge in [-0.2, -0.15) is 5.10 Å². The van der Waals surface area contributed by atoms with E-state index in [1.54, 1.807) is 20.4 Å². The van der Waals surface area contributed by atoms with E-state index in [1.165, 1.54) is 12.8 Å². The third-order valence-electron chi connectivity index (χ3n) is 4.49. The number of methoxy groups -OCH3 is 2. The van der Waals surface area contributed by atoms with Gasteiger partial charge in [0.05, 0.1) is 24.9 Å². The lowest BCUT2D eigenvalue weighted by Gasteiger charge is -2.39. The van der Waals surface area contributed by atoms with E-state index in [-0.39, 0.29) is 11.6 Å². The number of hydrogen-bond donors (Lipinski definition) is 2. The molecule has 0 bridgehead atoms. The van der Waals surface area contributed by atoms with E-state index in [1.807, 2.05) is 11.7 Å². The van der Waals surface area contributed by atoms with Crippen molar-refractivity contribution in [1.82, 2.24) is 15.2 Å². The standard InChI is InChI=1S/C14H26N4O2/c1-18-12(11(19-2)10-16-18)13(17-15)14(20-3)8-6-4-5-7-9-14/h10,13,17H,4-9,15H2,1-3H3. The summed E-state index contributed by atoms with van der Waals surface area (Å²) in [5.74, 6) is 6.62. The molecule has 1 fully saturated rings. The molecule has 114 valence electrons. The summed E-state index contributed by atoms with van der Waals surface area (Å²) in [6.07, 6.45) is 8.54. The van der Waals surface area contributed by atoms with Crippen LogP contribution in [0.2, 0.25) is 0 Å². The Morgan fingerprint density at radius 1 is 1.30 bits per heavy atom. The summed E-state index contributed by atoms with van der Waals surface area (Å²) in [7, 11) is 5.33. The van der Waals surface area contributed by atoms with Gasteiger partial charge in [-0.05, 0) is 12.8 Å². The molecule has 6 nitrogen and oxygen atoms in total. The Kier molecular flexibility index (Phi) is 5.01. The van der Waals surface area contributed by atoms with Crippen molar-refractivity contribution >= 4 is 0 Å². The first-order valence-electron chi connectivity index (χ1n) is 7.25. The predicted octanol–water partition coefficient (Wildman–Crippen LogP) is 1.67. The molecule has 6 heteroatoms. The van der Waals surface area contributed by atoms with Crippen LogP contribution in [0.3, 0.4) is 0 Å². The van der Waals surface area contributed by atoms with Crippen molar-refractivity contribution in [2.45, 2.75) is 50.2 Å². The van der Waals surface area contributed by atoms with E-state index in [0.717, 1.165) is 37.1 Å². The molecule has 1 atom stereocenters. The molecule has 1 aromatic rings. The third-order valence-corrected chi connectivity index (χ3v) is 4.49. The number of ether oxygens (including phenoxy) is 2. The van der Waals surface area contributed by atoms with E-state index in [9.17, 15) is 0 Å². The van der Waals surface area contributed by atoms with Crippen LogP contribution in [0, 0.1) is 0 Å². The van der Waals surface area contributed by atoms with Gasteiger partial charge in [0, 0.05) is 14.2 Å². The fourth-order valence-electron chi connectivity index (χ4n) is 3.33. The van der Waals surface area contributed by atoms with Crippen LogP contribution < -0.4 is 16.0 Å². The summed E-state index contributed by atoms with van der Waals surface area (Å²) < 4.78 is 13.2. The number of aromatic nitrogens is 2. The van der Waals surface area contributed by atoms with Crippen molar-refractivity contribution in [3.05, 3.63) is 11.9 Å². The SMILES string of the molecule is COc1cnn(C)c1C(NN)C1(OC)CCCCCC1. The third kappa shape index (κ3) is 2.68. The van der Waals surface area contributed by atoms with Gasteiger partial charge < -0.3 is 9.47 Å². The molecule has 1 unspecified atom stereocenters. The van der Waals surface area contributed by atoms with Gasteiger partial charge >= 0.3 is 0 Å². The summed E-state index contributed by atoms with van der Waals surface area (Å²) in [6, 6.07) is -0.131. The normalized spacial score (nSPS) is 20.4. The Labute approximate surface area is 120 Å². The van der Waals surface area contributed by atoms with Gasteiger partial charge in [0.1, 0.15) is 5.69 Å². The molecule has 1 aliphatic rings. The van der Waals surface area contributed by atoms with Gasteiger partial charge in [0.2, 0.25) is 0 Å². The molecule has 0 aromatic carbocycles. The zero-order chi connectivity index (χ0) is 14.6. The van der Waals surface area contributed by atoms with Crippen LogP contribution in [-0.2, 0) is 11.8 Å². The van der Waals surface area contributed by atoms with Crippen molar-refractivity contribution in [1.29, 1.82) is 0 Å². The highest BCUT2D eigenvalue weighted by molar-refractivity contribution is 5.30. The molecule has 2 rings (SSSR count). The maximum Gasteiger partial charge on any atom is 0.161 e. The monoisotopic (exact) mass is 282 g/mol. The molecule has 1 aliphatic carbocycles. The fraction of sp³-hybridized carbons (Fsp3) is 0.786. The van der Waals surface area contributed by atoms with Gasteiger partial charge in [-0.15, -0.1) is 0 Å². The lowest BCUT2D eigenvalue weighted by atomic mass is 9.84. The number of hydrazine groups is 1. The predicted molar refractivity (Wildman–Crippen MR) is 77.3 cm³/mol. The second kappa shape index (κ2) is 6.56. The minimum Gasteiger partial charge on any atom is -0.493 e. The zero-order valence-electron chi connectivity index (χ0n) is 12.7. The molecule has 0 saturated heterocycles. The molecule has 0 radical (unpaired) electrons. The summed E-state index contributed by atoms with van der Waals surface area (Å²) in [5.41, 5.74) is 3.59. The number of nitrogens with one attached hydrogen (secondary N) is 1. The number of aryl methyl sites for hydroxylation is 1. The summed E-state index contributed by atoms with van der Waals surface area (Å²) in [4.78, 5) is 0. The van der Waals surface area contributed by atoms with E-state index in [4.69, 9.17) is 15.3 Å². The van der Waals surface area contributed by atoms with Crippen molar-refractivity contribution in [2.24, 2.45) is 12.9 Å². The maximum absolute atomic E-state index is 5.95. The largest absolute Gasteiger partial charge is 0.493 e. The second-order valence-corrected chi connectivity index (χ2v) is 5.50. The zero-order valence-corrected chi connectivity index (χ0v) is 12.7. The molecule has 1 saturated carbocycles. The van der Waals surface area contributed by atoms with Crippen LogP contribution in [-0.4, -0.2) is 29.6 Å². The first-order valence-corrected chi connectivity index (χ1v) is 7.25. The Morgan fingerprint density at radius 3 is 2.45 bits per heavy atom. The lowest BCUT2D eigenvalue weighted by molar-refractivity contribution is -0.0564. The molecular formula is C14H26N4O2. The Morgan fingerprint density at radius 2 is 1.95 bits per heavy atom. The van der Waals surface area contributed by atoms with Crippen LogP contribution in [0.1, 0.15) is 50.3 Å². The molecule has 1 aromatic heterocycles. The number of nitrogens with zero attached hydrogens (tertiary/aromatic N) is 2. The van der Waals surface area contributed by atoms with Gasteiger partial charge in [-0.3, -0.25) is 10.5 Å². The smallest absolute Gasteiger partial charge is 0.161 e. The van der Waals surface area contributed by atoms with Crippen LogP contribution in [0.15, 0.2) is 6.20 Å². The van der Waals surface area contributed by atoms with Crippen molar-refractivity contribution in [3.63, 3.8) is 0 Å². The fourth-order valence-corrected chi connectivity index (χ4v) is 3.33. The van der Waals surface area contributed by atoms with E-state index in [2.05, 4.69) is 10.5 Å². The van der Waals surface area contributed by atoms with Gasteiger partial charge in [-0.25, -0.2) is 5.43 Å². The highest BCUT2D eigenvalue weighted by Gasteiger charge is 2.42. The lowest BCUT2D eigenvalue weighted by Crippen LogP contribution is -2.48. The van der Waals surface area contributed by atoms with Gasteiger partial charge in [0.15, 0.2) is 5.75 Å². The van der Waals surface area contributed by atoms with Crippen molar-refractivity contribution < 1.29 is 9.47 Å². The van der Waals surface area contributed by atoms with E-state index >= 15 is 0 Å². The van der Waals surface area contributed by atoms with E-state index in [0.29, 0.717) is 0 Å². The molecular weight excluding hydrogens is 256 g/mol. The van der Waals surface area contributed by atoms with Crippen LogP contribution >= 0.6 is 0 Å². The van der Waals surface area contributed by atoms with Crippen molar-refractivity contribution in [3.8, 4) is 5.75 Å². The summed E-state index contributed by atoms with van der Waals surface area (Å²) in [6.45, 7) is 0. The molecule has 0 aliphatic heterocycles. The average Bonchev–Trinajstić information content (AvgIpc) is 2.69. The Bertz CT molecular complexity index is 425. The molecule has 0 amide bonds. The highest BCUT2D eigenvalue weighted by atomic mass is 16.5. The van der Waals surface area contributed by atoms with Crippen LogP contribution in [0.25, 0.3) is 0 Å². The molecule has 3 N–H and O–H groups in total. The Hall–Kier alpha value is -1.11. The first kappa shape index (κ1) is 15.3.